The van der Waals surface area contributed by atoms with Crippen LogP contribution >= 0.6 is 0 Å². The number of aromatic nitrogens is 2. The maximum atomic E-state index is 12.7. The summed E-state index contributed by atoms with van der Waals surface area (Å²) in [6, 6.07) is 21.1. The third kappa shape index (κ3) is 5.62. The van der Waals surface area contributed by atoms with Crippen LogP contribution in [-0.2, 0) is 13.2 Å². The molecule has 1 heterocycles. The first kappa shape index (κ1) is 21.8. The zero-order valence-corrected chi connectivity index (χ0v) is 18.0. The fourth-order valence-corrected chi connectivity index (χ4v) is 3.31. The molecule has 8 heteroatoms. The predicted molar refractivity (Wildman–Crippen MR) is 124 cm³/mol. The molecule has 4 aromatic rings. The SMILES string of the molecule is Cc1ccccc1Cn1cc(NC(=O)c2cccc(COc3ccc([N+](=O)[O-])cc3)c2)cn1. The van der Waals surface area contributed by atoms with E-state index in [0.717, 1.165) is 5.56 Å². The number of amides is 1. The van der Waals surface area contributed by atoms with Crippen molar-refractivity contribution in [1.29, 1.82) is 0 Å². The fourth-order valence-electron chi connectivity index (χ4n) is 3.31. The number of nitrogens with zero attached hydrogens (tertiary/aromatic N) is 3. The average Bonchev–Trinajstić information content (AvgIpc) is 3.26. The van der Waals surface area contributed by atoms with Crippen LogP contribution in [0.3, 0.4) is 0 Å². The fraction of sp³-hybridized carbons (Fsp3) is 0.120. The van der Waals surface area contributed by atoms with Gasteiger partial charge in [0, 0.05) is 23.9 Å². The van der Waals surface area contributed by atoms with Crippen molar-refractivity contribution in [3.8, 4) is 5.75 Å². The molecule has 0 aliphatic rings. The Kier molecular flexibility index (Phi) is 6.45. The molecule has 1 aromatic heterocycles. The lowest BCUT2D eigenvalue weighted by atomic mass is 10.1. The Morgan fingerprint density at radius 1 is 1.09 bits per heavy atom. The number of benzene rings is 3. The molecule has 3 aromatic carbocycles. The van der Waals surface area contributed by atoms with Gasteiger partial charge in [-0.25, -0.2) is 0 Å². The van der Waals surface area contributed by atoms with Crippen LogP contribution in [0, 0.1) is 17.0 Å². The molecule has 0 unspecified atom stereocenters. The Balaban J connectivity index is 1.36. The number of carbonyl (C=O) groups is 1. The molecule has 166 valence electrons. The normalized spacial score (nSPS) is 10.6. The summed E-state index contributed by atoms with van der Waals surface area (Å²) < 4.78 is 7.47. The van der Waals surface area contributed by atoms with Crippen LogP contribution in [0.1, 0.15) is 27.0 Å². The number of anilines is 1. The topological polar surface area (TPSA) is 99.3 Å². The van der Waals surface area contributed by atoms with Gasteiger partial charge in [-0.2, -0.15) is 5.10 Å². The Morgan fingerprint density at radius 2 is 1.88 bits per heavy atom. The van der Waals surface area contributed by atoms with Gasteiger partial charge in [-0.1, -0.05) is 36.4 Å². The predicted octanol–water partition coefficient (Wildman–Crippen LogP) is 4.98. The molecule has 0 fully saturated rings. The number of nitro groups is 1. The third-order valence-corrected chi connectivity index (χ3v) is 5.13. The number of ether oxygens (including phenoxy) is 1. The molecule has 4 rings (SSSR count). The van der Waals surface area contributed by atoms with Gasteiger partial charge in [0.1, 0.15) is 12.4 Å². The van der Waals surface area contributed by atoms with Crippen molar-refractivity contribution in [3.05, 3.63) is 118 Å². The van der Waals surface area contributed by atoms with E-state index in [-0.39, 0.29) is 18.2 Å². The largest absolute Gasteiger partial charge is 0.489 e. The van der Waals surface area contributed by atoms with Crippen LogP contribution < -0.4 is 10.1 Å². The van der Waals surface area contributed by atoms with Crippen molar-refractivity contribution in [3.63, 3.8) is 0 Å². The molecule has 0 saturated heterocycles. The van der Waals surface area contributed by atoms with Crippen molar-refractivity contribution in [1.82, 2.24) is 9.78 Å². The molecule has 0 aliphatic carbocycles. The van der Waals surface area contributed by atoms with E-state index in [1.807, 2.05) is 18.2 Å². The maximum Gasteiger partial charge on any atom is 0.269 e. The van der Waals surface area contributed by atoms with Crippen molar-refractivity contribution in [2.75, 3.05) is 5.32 Å². The first-order valence-electron chi connectivity index (χ1n) is 10.3. The zero-order valence-electron chi connectivity index (χ0n) is 18.0. The minimum absolute atomic E-state index is 0.00300. The minimum atomic E-state index is -0.460. The molecule has 8 nitrogen and oxygen atoms in total. The van der Waals surface area contributed by atoms with Crippen LogP contribution in [-0.4, -0.2) is 20.6 Å². The van der Waals surface area contributed by atoms with E-state index in [9.17, 15) is 14.9 Å². The van der Waals surface area contributed by atoms with E-state index in [2.05, 4.69) is 29.5 Å². The van der Waals surface area contributed by atoms with Crippen LogP contribution in [0.2, 0.25) is 0 Å². The van der Waals surface area contributed by atoms with Crippen LogP contribution in [0.4, 0.5) is 11.4 Å². The summed E-state index contributed by atoms with van der Waals surface area (Å²) in [4.78, 5) is 23.0. The number of non-ortho nitro benzene ring substituents is 1. The second kappa shape index (κ2) is 9.78. The molecule has 1 amide bonds. The van der Waals surface area contributed by atoms with Crippen molar-refractivity contribution in [2.45, 2.75) is 20.1 Å². The van der Waals surface area contributed by atoms with Gasteiger partial charge in [-0.15, -0.1) is 0 Å². The Morgan fingerprint density at radius 3 is 2.64 bits per heavy atom. The van der Waals surface area contributed by atoms with Crippen molar-refractivity contribution < 1.29 is 14.5 Å². The van der Waals surface area contributed by atoms with E-state index in [0.29, 0.717) is 23.5 Å². The second-order valence-electron chi connectivity index (χ2n) is 7.55. The zero-order chi connectivity index (χ0) is 23.2. The molecule has 0 aliphatic heterocycles. The summed E-state index contributed by atoms with van der Waals surface area (Å²) in [6.07, 6.45) is 3.42. The molecule has 0 spiro atoms. The highest BCUT2D eigenvalue weighted by molar-refractivity contribution is 6.04. The second-order valence-corrected chi connectivity index (χ2v) is 7.55. The Hall–Kier alpha value is -4.46. The number of hydrogen-bond donors (Lipinski definition) is 1. The van der Waals surface area contributed by atoms with Gasteiger partial charge >= 0.3 is 0 Å². The maximum absolute atomic E-state index is 12.7. The van der Waals surface area contributed by atoms with Crippen molar-refractivity contribution in [2.24, 2.45) is 0 Å². The van der Waals surface area contributed by atoms with Crippen LogP contribution in [0.15, 0.2) is 85.2 Å². The summed E-state index contributed by atoms with van der Waals surface area (Å²) in [5.41, 5.74) is 4.26. The lowest BCUT2D eigenvalue weighted by molar-refractivity contribution is -0.384. The van der Waals surface area contributed by atoms with Crippen LogP contribution in [0.5, 0.6) is 5.75 Å². The van der Waals surface area contributed by atoms with Crippen LogP contribution in [0.25, 0.3) is 0 Å². The van der Waals surface area contributed by atoms with Crippen molar-refractivity contribution >= 4 is 17.3 Å². The molecule has 0 bridgehead atoms. The van der Waals surface area contributed by atoms with Gasteiger partial charge in [0.15, 0.2) is 0 Å². The molecule has 33 heavy (non-hydrogen) atoms. The smallest absolute Gasteiger partial charge is 0.269 e. The highest BCUT2D eigenvalue weighted by Crippen LogP contribution is 2.19. The van der Waals surface area contributed by atoms with E-state index in [1.165, 1.54) is 23.3 Å². The van der Waals surface area contributed by atoms with E-state index in [1.54, 1.807) is 47.4 Å². The number of aryl methyl sites for hydroxylation is 1. The number of carbonyl (C=O) groups excluding carboxylic acids is 1. The highest BCUT2D eigenvalue weighted by Gasteiger charge is 2.10. The Bertz CT molecular complexity index is 1280. The molecule has 0 radical (unpaired) electrons. The van der Waals surface area contributed by atoms with E-state index < -0.39 is 4.92 Å². The van der Waals surface area contributed by atoms with Gasteiger partial charge in [0.05, 0.1) is 23.4 Å². The number of nitro benzene ring substituents is 1. The Labute approximate surface area is 190 Å². The average molecular weight is 442 g/mol. The van der Waals surface area contributed by atoms with E-state index in [4.69, 9.17) is 4.74 Å². The monoisotopic (exact) mass is 442 g/mol. The summed E-state index contributed by atoms with van der Waals surface area (Å²) in [5, 5.41) is 17.9. The summed E-state index contributed by atoms with van der Waals surface area (Å²) in [7, 11) is 0. The number of nitrogens with one attached hydrogen (secondary N) is 1. The lowest BCUT2D eigenvalue weighted by Gasteiger charge is -2.08. The number of rotatable bonds is 8. The quantitative estimate of drug-likeness (QED) is 0.306. The van der Waals surface area contributed by atoms with E-state index >= 15 is 0 Å². The minimum Gasteiger partial charge on any atom is -0.489 e. The summed E-state index contributed by atoms with van der Waals surface area (Å²) >= 11 is 0. The molecule has 0 saturated carbocycles. The first-order chi connectivity index (χ1) is 16.0. The standard InChI is InChI=1S/C25H22N4O4/c1-18-5-2-3-7-21(18)15-28-16-22(14-26-28)27-25(30)20-8-4-6-19(13-20)17-33-24-11-9-23(10-12-24)29(31)32/h2-14,16H,15,17H2,1H3,(H,27,30). The summed E-state index contributed by atoms with van der Waals surface area (Å²) in [6.45, 7) is 2.91. The lowest BCUT2D eigenvalue weighted by Crippen LogP contribution is -2.12. The molecular formula is C25H22N4O4. The third-order valence-electron chi connectivity index (χ3n) is 5.13. The van der Waals surface area contributed by atoms with Gasteiger partial charge < -0.3 is 10.1 Å². The van der Waals surface area contributed by atoms with Gasteiger partial charge in [0.2, 0.25) is 0 Å². The highest BCUT2D eigenvalue weighted by atomic mass is 16.6. The molecular weight excluding hydrogens is 420 g/mol. The van der Waals surface area contributed by atoms with Gasteiger partial charge in [-0.05, 0) is 47.9 Å². The van der Waals surface area contributed by atoms with Gasteiger partial charge in [-0.3, -0.25) is 19.6 Å². The van der Waals surface area contributed by atoms with Gasteiger partial charge in [0.25, 0.3) is 11.6 Å². The first-order valence-corrected chi connectivity index (χ1v) is 10.3. The summed E-state index contributed by atoms with van der Waals surface area (Å²) in [5.74, 6) is 0.263. The molecule has 0 atom stereocenters. The molecule has 1 N–H and O–H groups in total. The number of hydrogen-bond acceptors (Lipinski definition) is 5.